The van der Waals surface area contributed by atoms with E-state index >= 15 is 0 Å². The number of benzene rings is 1. The summed E-state index contributed by atoms with van der Waals surface area (Å²) in [7, 11) is 3.32. The number of nitrogens with zero attached hydrogens (tertiary/aromatic N) is 1. The third-order valence-corrected chi connectivity index (χ3v) is 2.69. The fourth-order valence-electron chi connectivity index (χ4n) is 1.56. The number of carbonyl (C=O) groups is 1. The third-order valence-electron chi connectivity index (χ3n) is 2.69. The summed E-state index contributed by atoms with van der Waals surface area (Å²) in [5.74, 6) is 0.609. The number of nitrogens with two attached hydrogens (primary N) is 1. The minimum atomic E-state index is -0.360. The normalized spacial score (nSPS) is 12.1. The molecule has 0 heterocycles. The molecular weight excluding hydrogens is 228 g/mol. The van der Waals surface area contributed by atoms with Gasteiger partial charge in [-0.2, -0.15) is 0 Å². The van der Waals surface area contributed by atoms with Crippen molar-refractivity contribution in [3.63, 3.8) is 0 Å². The minimum absolute atomic E-state index is 0.205. The van der Waals surface area contributed by atoms with E-state index in [2.05, 4.69) is 0 Å². The van der Waals surface area contributed by atoms with Crippen LogP contribution in [-0.4, -0.2) is 31.1 Å². The molecule has 2 N–H and O–H groups in total. The van der Waals surface area contributed by atoms with Gasteiger partial charge in [-0.25, -0.2) is 4.79 Å². The van der Waals surface area contributed by atoms with Crippen molar-refractivity contribution >= 4 is 6.09 Å². The summed E-state index contributed by atoms with van der Waals surface area (Å²) in [4.78, 5) is 12.9. The molecule has 0 spiro atoms. The van der Waals surface area contributed by atoms with E-state index in [1.54, 1.807) is 14.1 Å². The monoisotopic (exact) mass is 250 g/mol. The van der Waals surface area contributed by atoms with E-state index in [4.69, 9.17) is 10.5 Å². The highest BCUT2D eigenvalue weighted by atomic mass is 16.6. The van der Waals surface area contributed by atoms with Crippen molar-refractivity contribution in [3.8, 4) is 5.75 Å². The van der Waals surface area contributed by atoms with Crippen molar-refractivity contribution in [1.82, 2.24) is 4.90 Å². The minimum Gasteiger partial charge on any atom is -0.410 e. The highest BCUT2D eigenvalue weighted by molar-refractivity contribution is 5.70. The Morgan fingerprint density at radius 1 is 1.44 bits per heavy atom. The molecule has 1 atom stereocenters. The zero-order valence-electron chi connectivity index (χ0n) is 11.6. The molecule has 100 valence electrons. The van der Waals surface area contributed by atoms with Crippen molar-refractivity contribution in [2.24, 2.45) is 5.73 Å². The molecule has 1 aromatic rings. The first kappa shape index (κ1) is 14.5. The van der Waals surface area contributed by atoms with E-state index in [0.717, 1.165) is 18.4 Å². The maximum atomic E-state index is 11.5. The summed E-state index contributed by atoms with van der Waals surface area (Å²) in [5, 5.41) is 0. The number of hydrogen-bond acceptors (Lipinski definition) is 3. The number of rotatable bonds is 4. The van der Waals surface area contributed by atoms with Crippen LogP contribution in [0.2, 0.25) is 0 Å². The van der Waals surface area contributed by atoms with Gasteiger partial charge in [-0.3, -0.25) is 0 Å². The van der Waals surface area contributed by atoms with Crippen molar-refractivity contribution in [1.29, 1.82) is 0 Å². The highest BCUT2D eigenvalue weighted by Gasteiger charge is 2.09. The third kappa shape index (κ3) is 4.37. The van der Waals surface area contributed by atoms with Gasteiger partial charge in [0.05, 0.1) is 0 Å². The van der Waals surface area contributed by atoms with Gasteiger partial charge < -0.3 is 15.4 Å². The summed E-state index contributed by atoms with van der Waals surface area (Å²) in [6, 6.07) is 6.07. The van der Waals surface area contributed by atoms with Gasteiger partial charge >= 0.3 is 6.09 Å². The molecular formula is C14H22N2O2. The molecule has 18 heavy (non-hydrogen) atoms. The summed E-state index contributed by atoms with van der Waals surface area (Å²) < 4.78 is 5.25. The van der Waals surface area contributed by atoms with Crippen LogP contribution in [0.1, 0.15) is 24.5 Å². The standard InChI is InChI=1S/C14H22N2O2/c1-10-9-12(6-5-11(2)15)7-8-13(10)18-14(17)16(3)4/h7-9,11H,5-6,15H2,1-4H3/t11-/m1/s1. The molecule has 1 rings (SSSR count). The Morgan fingerprint density at radius 2 is 2.11 bits per heavy atom. The SMILES string of the molecule is Cc1cc(CC[C@@H](C)N)ccc1OC(=O)N(C)C. The first-order valence-corrected chi connectivity index (χ1v) is 6.14. The Morgan fingerprint density at radius 3 is 2.61 bits per heavy atom. The lowest BCUT2D eigenvalue weighted by atomic mass is 10.0. The van der Waals surface area contributed by atoms with Crippen LogP contribution in [0, 0.1) is 6.92 Å². The fraction of sp³-hybridized carbons (Fsp3) is 0.500. The van der Waals surface area contributed by atoms with Crippen LogP contribution < -0.4 is 10.5 Å². The Kier molecular flexibility index (Phi) is 5.16. The molecule has 1 amide bonds. The molecule has 0 saturated heterocycles. The van der Waals surface area contributed by atoms with E-state index < -0.39 is 0 Å². The number of carbonyl (C=O) groups excluding carboxylic acids is 1. The van der Waals surface area contributed by atoms with Gasteiger partial charge in [-0.05, 0) is 43.9 Å². The van der Waals surface area contributed by atoms with Crippen LogP contribution in [0.15, 0.2) is 18.2 Å². The second-order valence-corrected chi connectivity index (χ2v) is 4.88. The Labute approximate surface area is 109 Å². The maximum Gasteiger partial charge on any atom is 0.414 e. The van der Waals surface area contributed by atoms with E-state index in [9.17, 15) is 4.79 Å². The number of aryl methyl sites for hydroxylation is 2. The molecule has 0 aromatic heterocycles. The Balaban J connectivity index is 2.70. The molecule has 0 saturated carbocycles. The molecule has 0 bridgehead atoms. The van der Waals surface area contributed by atoms with E-state index in [1.165, 1.54) is 10.5 Å². The summed E-state index contributed by atoms with van der Waals surface area (Å²) >= 11 is 0. The second-order valence-electron chi connectivity index (χ2n) is 4.88. The molecule has 0 aliphatic rings. The van der Waals surface area contributed by atoms with Crippen LogP contribution in [0.25, 0.3) is 0 Å². The Bertz CT molecular complexity index is 414. The molecule has 0 radical (unpaired) electrons. The smallest absolute Gasteiger partial charge is 0.410 e. The van der Waals surface area contributed by atoms with Crippen molar-refractivity contribution in [3.05, 3.63) is 29.3 Å². The lowest BCUT2D eigenvalue weighted by Crippen LogP contribution is -2.25. The average Bonchev–Trinajstić information content (AvgIpc) is 2.29. The fourth-order valence-corrected chi connectivity index (χ4v) is 1.56. The topological polar surface area (TPSA) is 55.6 Å². The van der Waals surface area contributed by atoms with E-state index in [-0.39, 0.29) is 12.1 Å². The maximum absolute atomic E-state index is 11.5. The first-order chi connectivity index (χ1) is 8.40. The number of amides is 1. The molecule has 0 unspecified atom stereocenters. The van der Waals surface area contributed by atoms with Gasteiger partial charge in [-0.1, -0.05) is 12.1 Å². The van der Waals surface area contributed by atoms with E-state index in [1.807, 2.05) is 32.0 Å². The van der Waals surface area contributed by atoms with Crippen LogP contribution >= 0.6 is 0 Å². The van der Waals surface area contributed by atoms with Gasteiger partial charge in [-0.15, -0.1) is 0 Å². The summed E-state index contributed by atoms with van der Waals surface area (Å²) in [6.45, 7) is 3.94. The Hall–Kier alpha value is -1.55. The quantitative estimate of drug-likeness (QED) is 0.892. The molecule has 4 heteroatoms. The van der Waals surface area contributed by atoms with Crippen molar-refractivity contribution in [2.45, 2.75) is 32.7 Å². The molecule has 4 nitrogen and oxygen atoms in total. The van der Waals surface area contributed by atoms with Crippen LogP contribution in [-0.2, 0) is 6.42 Å². The summed E-state index contributed by atoms with van der Waals surface area (Å²) in [5.41, 5.74) is 7.91. The molecule has 0 aliphatic carbocycles. The average molecular weight is 250 g/mol. The van der Waals surface area contributed by atoms with Crippen LogP contribution in [0.4, 0.5) is 4.79 Å². The lowest BCUT2D eigenvalue weighted by Gasteiger charge is -2.13. The van der Waals surface area contributed by atoms with Gasteiger partial charge in [0.1, 0.15) is 5.75 Å². The zero-order chi connectivity index (χ0) is 13.7. The van der Waals surface area contributed by atoms with Gasteiger partial charge in [0.25, 0.3) is 0 Å². The number of hydrogen-bond donors (Lipinski definition) is 1. The van der Waals surface area contributed by atoms with Gasteiger partial charge in [0, 0.05) is 20.1 Å². The zero-order valence-corrected chi connectivity index (χ0v) is 11.6. The van der Waals surface area contributed by atoms with Crippen molar-refractivity contribution < 1.29 is 9.53 Å². The molecule has 0 aliphatic heterocycles. The van der Waals surface area contributed by atoms with Gasteiger partial charge in [0.2, 0.25) is 0 Å². The number of ether oxygens (including phenoxy) is 1. The largest absolute Gasteiger partial charge is 0.414 e. The predicted octanol–water partition coefficient (Wildman–Crippen LogP) is 2.34. The second kappa shape index (κ2) is 6.40. The van der Waals surface area contributed by atoms with Gasteiger partial charge in [0.15, 0.2) is 0 Å². The van der Waals surface area contributed by atoms with Crippen LogP contribution in [0.3, 0.4) is 0 Å². The van der Waals surface area contributed by atoms with E-state index in [0.29, 0.717) is 5.75 Å². The predicted molar refractivity (Wildman–Crippen MR) is 72.9 cm³/mol. The van der Waals surface area contributed by atoms with Crippen LogP contribution in [0.5, 0.6) is 5.75 Å². The molecule has 1 aromatic carbocycles. The summed E-state index contributed by atoms with van der Waals surface area (Å²) in [6.07, 6.45) is 1.54. The molecule has 0 fully saturated rings. The van der Waals surface area contributed by atoms with Crippen molar-refractivity contribution in [2.75, 3.05) is 14.1 Å². The lowest BCUT2D eigenvalue weighted by molar-refractivity contribution is 0.171. The first-order valence-electron chi connectivity index (χ1n) is 6.14. The highest BCUT2D eigenvalue weighted by Crippen LogP contribution is 2.20.